The summed E-state index contributed by atoms with van der Waals surface area (Å²) in [5.74, 6) is -0.197. The molecule has 35 heavy (non-hydrogen) atoms. The van der Waals surface area contributed by atoms with Crippen LogP contribution in [0.1, 0.15) is 56.3 Å². The Kier molecular flexibility index (Phi) is 7.45. The molecule has 4 rings (SSSR count). The molecule has 2 aliphatic rings. The van der Waals surface area contributed by atoms with Gasteiger partial charge in [-0.1, -0.05) is 12.1 Å². The minimum atomic E-state index is -0.744. The summed E-state index contributed by atoms with van der Waals surface area (Å²) in [4.78, 5) is 28.0. The molecule has 2 saturated heterocycles. The van der Waals surface area contributed by atoms with Crippen LogP contribution >= 0.6 is 0 Å². The zero-order valence-corrected chi connectivity index (χ0v) is 20.7. The van der Waals surface area contributed by atoms with E-state index in [0.29, 0.717) is 35.8 Å². The Morgan fingerprint density at radius 2 is 2.00 bits per heavy atom. The maximum absolute atomic E-state index is 13.3. The summed E-state index contributed by atoms with van der Waals surface area (Å²) >= 11 is 0. The number of likely N-dealkylation sites (tertiary alicyclic amines) is 1. The van der Waals surface area contributed by atoms with Crippen LogP contribution in [0.3, 0.4) is 0 Å². The Balaban J connectivity index is 1.80. The maximum atomic E-state index is 13.3. The number of aliphatic hydroxyl groups is 1. The summed E-state index contributed by atoms with van der Waals surface area (Å²) in [6, 6.07) is 11.8. The standard InChI is InChI=1S/C28H33NO6/c1-5-33-21-9-6-8-19(15-21)25-24(27(31)28(32)29(25)16-22-10-7-13-34-22)26(30)20-11-12-23(18(4)14-20)35-17(2)3/h6,8-9,11-12,14-15,17,22,25,30H,5,7,10,13,16H2,1-4H3/b26-24+. The van der Waals surface area contributed by atoms with Crippen LogP contribution in [0.15, 0.2) is 48.0 Å². The van der Waals surface area contributed by atoms with E-state index < -0.39 is 17.7 Å². The van der Waals surface area contributed by atoms with Crippen LogP contribution in [0.5, 0.6) is 11.5 Å². The van der Waals surface area contributed by atoms with E-state index in [9.17, 15) is 14.7 Å². The highest BCUT2D eigenvalue weighted by Gasteiger charge is 2.47. The number of Topliss-reactive ketones (excluding diaryl/α,β-unsaturated/α-hetero) is 1. The van der Waals surface area contributed by atoms with E-state index in [1.54, 1.807) is 18.2 Å². The van der Waals surface area contributed by atoms with E-state index in [4.69, 9.17) is 14.2 Å². The average molecular weight is 480 g/mol. The number of ether oxygens (including phenoxy) is 3. The lowest BCUT2D eigenvalue weighted by molar-refractivity contribution is -0.140. The Hall–Kier alpha value is -3.32. The quantitative estimate of drug-likeness (QED) is 0.333. The fourth-order valence-corrected chi connectivity index (χ4v) is 4.70. The predicted octanol–water partition coefficient (Wildman–Crippen LogP) is 4.78. The highest BCUT2D eigenvalue weighted by Crippen LogP contribution is 2.41. The number of amides is 1. The largest absolute Gasteiger partial charge is 0.507 e. The molecule has 7 nitrogen and oxygen atoms in total. The van der Waals surface area contributed by atoms with Crippen molar-refractivity contribution in [3.8, 4) is 11.5 Å². The van der Waals surface area contributed by atoms with Crippen LogP contribution in [0.4, 0.5) is 0 Å². The van der Waals surface area contributed by atoms with Gasteiger partial charge in [0.15, 0.2) is 0 Å². The fraction of sp³-hybridized carbons (Fsp3) is 0.429. The number of hydrogen-bond acceptors (Lipinski definition) is 6. The molecule has 0 aromatic heterocycles. The number of hydrogen-bond donors (Lipinski definition) is 1. The molecule has 2 aromatic carbocycles. The molecule has 0 radical (unpaired) electrons. The van der Waals surface area contributed by atoms with E-state index in [1.165, 1.54) is 4.90 Å². The zero-order valence-electron chi connectivity index (χ0n) is 20.7. The number of ketones is 1. The second-order valence-corrected chi connectivity index (χ2v) is 9.24. The second-order valence-electron chi connectivity index (χ2n) is 9.24. The first-order valence-corrected chi connectivity index (χ1v) is 12.2. The molecule has 0 spiro atoms. The number of aryl methyl sites for hydroxylation is 1. The highest BCUT2D eigenvalue weighted by molar-refractivity contribution is 6.46. The van der Waals surface area contributed by atoms with Crippen molar-refractivity contribution in [2.45, 2.75) is 58.8 Å². The molecule has 1 N–H and O–H groups in total. The van der Waals surface area contributed by atoms with Gasteiger partial charge in [0.2, 0.25) is 0 Å². The topological polar surface area (TPSA) is 85.3 Å². The molecule has 186 valence electrons. The minimum Gasteiger partial charge on any atom is -0.507 e. The van der Waals surface area contributed by atoms with Crippen LogP contribution in [0.25, 0.3) is 5.76 Å². The van der Waals surface area contributed by atoms with Crippen molar-refractivity contribution in [1.29, 1.82) is 0 Å². The fourth-order valence-electron chi connectivity index (χ4n) is 4.70. The summed E-state index contributed by atoms with van der Waals surface area (Å²) in [7, 11) is 0. The van der Waals surface area contributed by atoms with Crippen molar-refractivity contribution in [3.63, 3.8) is 0 Å². The van der Waals surface area contributed by atoms with Crippen LogP contribution < -0.4 is 9.47 Å². The van der Waals surface area contributed by atoms with Gasteiger partial charge in [-0.3, -0.25) is 9.59 Å². The van der Waals surface area contributed by atoms with E-state index in [0.717, 1.165) is 18.4 Å². The number of carbonyl (C=O) groups is 2. The van der Waals surface area contributed by atoms with Gasteiger partial charge in [-0.15, -0.1) is 0 Å². The van der Waals surface area contributed by atoms with Crippen molar-refractivity contribution < 1.29 is 28.9 Å². The van der Waals surface area contributed by atoms with Crippen molar-refractivity contribution in [2.75, 3.05) is 19.8 Å². The summed E-state index contributed by atoms with van der Waals surface area (Å²) in [6.45, 7) is 9.08. The number of rotatable bonds is 8. The smallest absolute Gasteiger partial charge is 0.295 e. The van der Waals surface area contributed by atoms with E-state index in [1.807, 2.05) is 52.0 Å². The Labute approximate surface area is 206 Å². The van der Waals surface area contributed by atoms with Gasteiger partial charge in [0.1, 0.15) is 17.3 Å². The minimum absolute atomic E-state index is 0.00824. The number of carbonyl (C=O) groups excluding carboxylic acids is 2. The van der Waals surface area contributed by atoms with Gasteiger partial charge in [-0.05, 0) is 82.0 Å². The normalized spacial score (nSPS) is 21.7. The van der Waals surface area contributed by atoms with Crippen LogP contribution in [0.2, 0.25) is 0 Å². The summed E-state index contributed by atoms with van der Waals surface area (Å²) in [5, 5.41) is 11.4. The first-order valence-electron chi connectivity index (χ1n) is 12.2. The Bertz CT molecular complexity index is 1130. The molecular weight excluding hydrogens is 446 g/mol. The zero-order chi connectivity index (χ0) is 25.1. The first kappa shape index (κ1) is 24.8. The molecule has 0 saturated carbocycles. The van der Waals surface area contributed by atoms with Crippen molar-refractivity contribution in [2.24, 2.45) is 0 Å². The Morgan fingerprint density at radius 1 is 1.20 bits per heavy atom. The van der Waals surface area contributed by atoms with Gasteiger partial charge in [0.25, 0.3) is 11.7 Å². The molecule has 7 heteroatoms. The van der Waals surface area contributed by atoms with Crippen molar-refractivity contribution in [3.05, 3.63) is 64.7 Å². The third kappa shape index (κ3) is 5.20. The molecule has 0 bridgehead atoms. The van der Waals surface area contributed by atoms with Crippen molar-refractivity contribution in [1.82, 2.24) is 4.90 Å². The average Bonchev–Trinajstić information content (AvgIpc) is 3.42. The lowest BCUT2D eigenvalue weighted by Crippen LogP contribution is -2.36. The highest BCUT2D eigenvalue weighted by atomic mass is 16.5. The van der Waals surface area contributed by atoms with Crippen LogP contribution in [-0.4, -0.2) is 53.7 Å². The molecule has 2 heterocycles. The maximum Gasteiger partial charge on any atom is 0.295 e. The Morgan fingerprint density at radius 3 is 2.66 bits per heavy atom. The lowest BCUT2D eigenvalue weighted by Gasteiger charge is -2.27. The summed E-state index contributed by atoms with van der Waals surface area (Å²) in [5.41, 5.74) is 2.05. The summed E-state index contributed by atoms with van der Waals surface area (Å²) < 4.78 is 17.2. The van der Waals surface area contributed by atoms with Gasteiger partial charge in [0, 0.05) is 18.7 Å². The van der Waals surface area contributed by atoms with Gasteiger partial charge in [0.05, 0.1) is 30.4 Å². The monoisotopic (exact) mass is 479 g/mol. The first-order chi connectivity index (χ1) is 16.8. The molecule has 2 aromatic rings. The van der Waals surface area contributed by atoms with Gasteiger partial charge in [-0.25, -0.2) is 0 Å². The third-order valence-corrected chi connectivity index (χ3v) is 6.26. The van der Waals surface area contributed by atoms with Gasteiger partial charge >= 0.3 is 0 Å². The summed E-state index contributed by atoms with van der Waals surface area (Å²) in [6.07, 6.45) is 1.61. The number of benzene rings is 2. The molecule has 2 atom stereocenters. The van der Waals surface area contributed by atoms with Crippen LogP contribution in [-0.2, 0) is 14.3 Å². The molecular formula is C28H33NO6. The van der Waals surface area contributed by atoms with Crippen molar-refractivity contribution >= 4 is 17.4 Å². The SMILES string of the molecule is CCOc1cccc(C2/C(=C(\O)c3ccc(OC(C)C)c(C)c3)C(=O)C(=O)N2CC2CCCO2)c1. The molecule has 0 aliphatic carbocycles. The van der Waals surface area contributed by atoms with Gasteiger partial charge in [-0.2, -0.15) is 0 Å². The van der Waals surface area contributed by atoms with Crippen LogP contribution in [0, 0.1) is 6.92 Å². The molecule has 2 aliphatic heterocycles. The molecule has 1 amide bonds. The lowest BCUT2D eigenvalue weighted by atomic mass is 9.94. The predicted molar refractivity (Wildman–Crippen MR) is 133 cm³/mol. The molecule has 2 fully saturated rings. The number of nitrogens with zero attached hydrogens (tertiary/aromatic N) is 1. The third-order valence-electron chi connectivity index (χ3n) is 6.26. The number of aliphatic hydroxyl groups excluding tert-OH is 1. The van der Waals surface area contributed by atoms with Gasteiger partial charge < -0.3 is 24.2 Å². The second kappa shape index (κ2) is 10.5. The van der Waals surface area contributed by atoms with E-state index in [2.05, 4.69) is 0 Å². The van der Waals surface area contributed by atoms with E-state index >= 15 is 0 Å². The van der Waals surface area contributed by atoms with E-state index in [-0.39, 0.29) is 30.1 Å². The molecule has 2 unspecified atom stereocenters.